The normalized spacial score (nSPS) is 10.5. The lowest BCUT2D eigenvalue weighted by atomic mass is 10.2. The Balaban J connectivity index is 2.11. The van der Waals surface area contributed by atoms with Crippen molar-refractivity contribution < 1.29 is 14.6 Å². The molecule has 0 spiro atoms. The quantitative estimate of drug-likeness (QED) is 0.658. The summed E-state index contributed by atoms with van der Waals surface area (Å²) < 4.78 is 5.57. The SMILES string of the molecule is O=CC=Cc1ccc(O)c(OCc2ccccc2)c1. The van der Waals surface area contributed by atoms with Crippen LogP contribution in [0.25, 0.3) is 6.08 Å². The van der Waals surface area contributed by atoms with E-state index in [2.05, 4.69) is 0 Å². The van der Waals surface area contributed by atoms with E-state index in [0.717, 1.165) is 11.1 Å². The number of hydrogen-bond donors (Lipinski definition) is 1. The van der Waals surface area contributed by atoms with E-state index >= 15 is 0 Å². The largest absolute Gasteiger partial charge is 0.504 e. The van der Waals surface area contributed by atoms with Crippen molar-refractivity contribution in [3.05, 3.63) is 65.7 Å². The first-order valence-electron chi connectivity index (χ1n) is 5.91. The number of allylic oxidation sites excluding steroid dienone is 1. The fourth-order valence-corrected chi connectivity index (χ4v) is 1.64. The Morgan fingerprint density at radius 2 is 1.89 bits per heavy atom. The van der Waals surface area contributed by atoms with Gasteiger partial charge in [-0.1, -0.05) is 42.5 Å². The molecule has 96 valence electrons. The second-order valence-electron chi connectivity index (χ2n) is 4.00. The summed E-state index contributed by atoms with van der Waals surface area (Å²) in [6, 6.07) is 14.7. The van der Waals surface area contributed by atoms with Gasteiger partial charge in [-0.25, -0.2) is 0 Å². The molecule has 0 heterocycles. The zero-order valence-corrected chi connectivity index (χ0v) is 10.3. The lowest BCUT2D eigenvalue weighted by molar-refractivity contribution is -0.104. The van der Waals surface area contributed by atoms with Crippen molar-refractivity contribution in [2.75, 3.05) is 0 Å². The van der Waals surface area contributed by atoms with Gasteiger partial charge in [-0.2, -0.15) is 0 Å². The van der Waals surface area contributed by atoms with Crippen molar-refractivity contribution in [2.24, 2.45) is 0 Å². The van der Waals surface area contributed by atoms with Crippen LogP contribution in [-0.2, 0) is 11.4 Å². The first-order chi connectivity index (χ1) is 9.29. The number of aromatic hydroxyl groups is 1. The monoisotopic (exact) mass is 254 g/mol. The third-order valence-electron chi connectivity index (χ3n) is 2.59. The van der Waals surface area contributed by atoms with Crippen LogP contribution in [0, 0.1) is 0 Å². The van der Waals surface area contributed by atoms with E-state index in [1.54, 1.807) is 24.3 Å². The number of benzene rings is 2. The molecule has 0 atom stereocenters. The van der Waals surface area contributed by atoms with Crippen LogP contribution in [0.15, 0.2) is 54.6 Å². The molecule has 0 saturated heterocycles. The van der Waals surface area contributed by atoms with Crippen LogP contribution < -0.4 is 4.74 Å². The molecule has 0 bridgehead atoms. The number of phenols is 1. The maximum Gasteiger partial charge on any atom is 0.162 e. The molecule has 2 aromatic carbocycles. The Morgan fingerprint density at radius 3 is 2.63 bits per heavy atom. The van der Waals surface area contributed by atoms with Crippen LogP contribution in [0.1, 0.15) is 11.1 Å². The van der Waals surface area contributed by atoms with Gasteiger partial charge in [0.1, 0.15) is 12.9 Å². The average molecular weight is 254 g/mol. The van der Waals surface area contributed by atoms with Gasteiger partial charge in [-0.3, -0.25) is 4.79 Å². The Bertz CT molecular complexity index is 574. The first-order valence-corrected chi connectivity index (χ1v) is 5.91. The number of aldehydes is 1. The van der Waals surface area contributed by atoms with Crippen LogP contribution >= 0.6 is 0 Å². The van der Waals surface area contributed by atoms with E-state index in [1.807, 2.05) is 30.3 Å². The molecule has 0 fully saturated rings. The molecule has 0 aliphatic heterocycles. The molecule has 0 radical (unpaired) electrons. The highest BCUT2D eigenvalue weighted by molar-refractivity contribution is 5.74. The Morgan fingerprint density at radius 1 is 1.11 bits per heavy atom. The zero-order valence-electron chi connectivity index (χ0n) is 10.3. The Kier molecular flexibility index (Phi) is 4.34. The van der Waals surface area contributed by atoms with Crippen molar-refractivity contribution in [2.45, 2.75) is 6.61 Å². The molecular formula is C16H14O3. The van der Waals surface area contributed by atoms with Crippen LogP contribution in [0.2, 0.25) is 0 Å². The number of carbonyl (C=O) groups is 1. The Labute approximate surface area is 111 Å². The second kappa shape index (κ2) is 6.40. The minimum absolute atomic E-state index is 0.0826. The molecule has 0 aliphatic rings. The van der Waals surface area contributed by atoms with Crippen molar-refractivity contribution >= 4 is 12.4 Å². The lowest BCUT2D eigenvalue weighted by Gasteiger charge is -2.08. The first kappa shape index (κ1) is 12.9. The summed E-state index contributed by atoms with van der Waals surface area (Å²) in [7, 11) is 0. The topological polar surface area (TPSA) is 46.5 Å². The van der Waals surface area contributed by atoms with Gasteiger partial charge in [0.2, 0.25) is 0 Å². The maximum absolute atomic E-state index is 10.3. The highest BCUT2D eigenvalue weighted by Gasteiger charge is 2.03. The summed E-state index contributed by atoms with van der Waals surface area (Å²) in [5.41, 5.74) is 1.82. The molecule has 19 heavy (non-hydrogen) atoms. The molecule has 0 unspecified atom stereocenters. The smallest absolute Gasteiger partial charge is 0.162 e. The van der Waals surface area contributed by atoms with Crippen molar-refractivity contribution in [1.29, 1.82) is 0 Å². The third kappa shape index (κ3) is 3.71. The Hall–Kier alpha value is -2.55. The van der Waals surface area contributed by atoms with Crippen molar-refractivity contribution in [3.8, 4) is 11.5 Å². The molecule has 0 saturated carbocycles. The summed E-state index contributed by atoms with van der Waals surface area (Å²) in [5, 5.41) is 9.72. The zero-order chi connectivity index (χ0) is 13.5. The minimum Gasteiger partial charge on any atom is -0.504 e. The van der Waals surface area contributed by atoms with E-state index in [1.165, 1.54) is 6.08 Å². The summed E-state index contributed by atoms with van der Waals surface area (Å²) in [5.74, 6) is 0.482. The van der Waals surface area contributed by atoms with Gasteiger partial charge < -0.3 is 9.84 Å². The molecule has 2 aromatic rings. The number of ether oxygens (including phenoxy) is 1. The second-order valence-corrected chi connectivity index (χ2v) is 4.00. The molecule has 3 heteroatoms. The molecule has 3 nitrogen and oxygen atoms in total. The average Bonchev–Trinajstić information content (AvgIpc) is 2.46. The summed E-state index contributed by atoms with van der Waals surface area (Å²) in [6.45, 7) is 0.384. The fraction of sp³-hybridized carbons (Fsp3) is 0.0625. The van der Waals surface area contributed by atoms with Gasteiger partial charge in [-0.05, 0) is 29.3 Å². The van der Waals surface area contributed by atoms with Crippen LogP contribution in [0.5, 0.6) is 11.5 Å². The van der Waals surface area contributed by atoms with Crippen LogP contribution in [0.4, 0.5) is 0 Å². The number of carbonyl (C=O) groups excluding carboxylic acids is 1. The minimum atomic E-state index is 0.0826. The van der Waals surface area contributed by atoms with Gasteiger partial charge >= 0.3 is 0 Å². The van der Waals surface area contributed by atoms with E-state index in [0.29, 0.717) is 18.6 Å². The summed E-state index contributed by atoms with van der Waals surface area (Å²) >= 11 is 0. The maximum atomic E-state index is 10.3. The molecule has 0 aliphatic carbocycles. The summed E-state index contributed by atoms with van der Waals surface area (Å²) in [6.07, 6.45) is 3.76. The van der Waals surface area contributed by atoms with E-state index in [-0.39, 0.29) is 5.75 Å². The number of phenolic OH excluding ortho intramolecular Hbond substituents is 1. The molecule has 1 N–H and O–H groups in total. The van der Waals surface area contributed by atoms with Crippen LogP contribution in [0.3, 0.4) is 0 Å². The highest BCUT2D eigenvalue weighted by Crippen LogP contribution is 2.28. The standard InChI is InChI=1S/C16H14O3/c17-10-4-7-13-8-9-15(18)16(11-13)19-12-14-5-2-1-3-6-14/h1-11,18H,12H2. The molecule has 2 rings (SSSR count). The van der Waals surface area contributed by atoms with Gasteiger partial charge in [-0.15, -0.1) is 0 Å². The van der Waals surface area contributed by atoms with Gasteiger partial charge in [0, 0.05) is 0 Å². The summed E-state index contributed by atoms with van der Waals surface area (Å²) in [4.78, 5) is 10.3. The predicted octanol–water partition coefficient (Wildman–Crippen LogP) is 3.18. The van der Waals surface area contributed by atoms with Crippen molar-refractivity contribution in [1.82, 2.24) is 0 Å². The predicted molar refractivity (Wildman–Crippen MR) is 74.0 cm³/mol. The van der Waals surface area contributed by atoms with Gasteiger partial charge in [0.05, 0.1) is 0 Å². The van der Waals surface area contributed by atoms with E-state index < -0.39 is 0 Å². The fourth-order valence-electron chi connectivity index (χ4n) is 1.64. The van der Waals surface area contributed by atoms with Crippen molar-refractivity contribution in [3.63, 3.8) is 0 Å². The van der Waals surface area contributed by atoms with E-state index in [4.69, 9.17) is 4.74 Å². The van der Waals surface area contributed by atoms with Crippen LogP contribution in [-0.4, -0.2) is 11.4 Å². The number of hydrogen-bond acceptors (Lipinski definition) is 3. The highest BCUT2D eigenvalue weighted by atomic mass is 16.5. The molecular weight excluding hydrogens is 240 g/mol. The molecule has 0 aromatic heterocycles. The third-order valence-corrected chi connectivity index (χ3v) is 2.59. The van der Waals surface area contributed by atoms with E-state index in [9.17, 15) is 9.90 Å². The van der Waals surface area contributed by atoms with Gasteiger partial charge in [0.25, 0.3) is 0 Å². The van der Waals surface area contributed by atoms with Gasteiger partial charge in [0.15, 0.2) is 11.5 Å². The lowest BCUT2D eigenvalue weighted by Crippen LogP contribution is -1.95. The molecule has 0 amide bonds. The number of rotatable bonds is 5.